The van der Waals surface area contributed by atoms with Crippen molar-refractivity contribution in [3.8, 4) is 11.4 Å². The Balaban J connectivity index is 1.48. The number of anilines is 1. The highest BCUT2D eigenvalue weighted by molar-refractivity contribution is 7.09. The van der Waals surface area contributed by atoms with E-state index in [9.17, 15) is 0 Å². The van der Waals surface area contributed by atoms with E-state index in [0.717, 1.165) is 31.9 Å². The Bertz CT molecular complexity index is 747. The molecule has 3 aromatic rings. The first-order chi connectivity index (χ1) is 11.4. The highest BCUT2D eigenvalue weighted by atomic mass is 32.1. The summed E-state index contributed by atoms with van der Waals surface area (Å²) in [6, 6.07) is 12.4. The van der Waals surface area contributed by atoms with Crippen LogP contribution in [0.15, 0.2) is 46.3 Å². The van der Waals surface area contributed by atoms with Crippen LogP contribution >= 0.6 is 11.3 Å². The van der Waals surface area contributed by atoms with E-state index in [2.05, 4.69) is 38.6 Å². The van der Waals surface area contributed by atoms with E-state index in [1.54, 1.807) is 11.3 Å². The van der Waals surface area contributed by atoms with Gasteiger partial charge in [-0.05, 0) is 35.7 Å². The van der Waals surface area contributed by atoms with Gasteiger partial charge in [0.15, 0.2) is 0 Å². The van der Waals surface area contributed by atoms with Crippen LogP contribution < -0.4 is 4.90 Å². The number of rotatable bonds is 4. The first-order valence-corrected chi connectivity index (χ1v) is 8.54. The van der Waals surface area contributed by atoms with E-state index in [1.165, 1.54) is 10.6 Å². The molecule has 0 unspecified atom stereocenters. The summed E-state index contributed by atoms with van der Waals surface area (Å²) in [7, 11) is 0. The summed E-state index contributed by atoms with van der Waals surface area (Å²) in [5, 5.41) is 6.15. The van der Waals surface area contributed by atoms with Crippen LogP contribution in [0.25, 0.3) is 11.4 Å². The number of ether oxygens (including phenoxy) is 1. The number of morpholine rings is 1. The van der Waals surface area contributed by atoms with Crippen molar-refractivity contribution < 1.29 is 9.26 Å². The molecule has 1 aliphatic heterocycles. The Morgan fingerprint density at radius 1 is 1.09 bits per heavy atom. The molecule has 0 amide bonds. The van der Waals surface area contributed by atoms with Gasteiger partial charge >= 0.3 is 0 Å². The summed E-state index contributed by atoms with van der Waals surface area (Å²) in [6.07, 6.45) is 0.691. The van der Waals surface area contributed by atoms with Crippen molar-refractivity contribution in [2.45, 2.75) is 6.42 Å². The SMILES string of the molecule is c1csc(Cc2nc(-c3ccc(N4CCOCC4)cc3)no2)c1. The van der Waals surface area contributed by atoms with E-state index in [1.807, 2.05) is 18.2 Å². The smallest absolute Gasteiger partial charge is 0.232 e. The predicted octanol–water partition coefficient (Wildman–Crippen LogP) is 3.23. The molecule has 0 radical (unpaired) electrons. The minimum Gasteiger partial charge on any atom is -0.378 e. The number of hydrogen-bond donors (Lipinski definition) is 0. The molecule has 1 fully saturated rings. The second-order valence-corrected chi connectivity index (χ2v) is 6.45. The molecule has 4 rings (SSSR count). The average Bonchev–Trinajstić information content (AvgIpc) is 3.28. The van der Waals surface area contributed by atoms with Crippen LogP contribution in [0, 0.1) is 0 Å². The van der Waals surface area contributed by atoms with E-state index < -0.39 is 0 Å². The lowest BCUT2D eigenvalue weighted by Gasteiger charge is -2.28. The van der Waals surface area contributed by atoms with Gasteiger partial charge in [-0.25, -0.2) is 0 Å². The largest absolute Gasteiger partial charge is 0.378 e. The molecule has 6 heteroatoms. The molecule has 5 nitrogen and oxygen atoms in total. The zero-order chi connectivity index (χ0) is 15.5. The molecule has 2 aromatic heterocycles. The van der Waals surface area contributed by atoms with Crippen LogP contribution in [0.1, 0.15) is 10.8 Å². The maximum absolute atomic E-state index is 5.39. The van der Waals surface area contributed by atoms with Crippen LogP contribution in [0.2, 0.25) is 0 Å². The molecule has 118 valence electrons. The molecule has 0 N–H and O–H groups in total. The minimum atomic E-state index is 0.644. The highest BCUT2D eigenvalue weighted by Crippen LogP contribution is 2.23. The lowest BCUT2D eigenvalue weighted by molar-refractivity contribution is 0.122. The Morgan fingerprint density at radius 3 is 2.65 bits per heavy atom. The first kappa shape index (κ1) is 14.4. The molecule has 0 bridgehead atoms. The maximum atomic E-state index is 5.39. The van der Waals surface area contributed by atoms with Crippen LogP contribution in [0.3, 0.4) is 0 Å². The second kappa shape index (κ2) is 6.52. The van der Waals surface area contributed by atoms with Crippen molar-refractivity contribution in [1.82, 2.24) is 10.1 Å². The molecule has 3 heterocycles. The standard InChI is InChI=1S/C17H17N3O2S/c1-2-15(23-11-1)12-16-18-17(19-22-16)13-3-5-14(6-4-13)20-7-9-21-10-8-20/h1-6,11H,7-10,12H2. The van der Waals surface area contributed by atoms with Gasteiger partial charge in [-0.2, -0.15) is 4.98 Å². The fraction of sp³-hybridized carbons (Fsp3) is 0.294. The lowest BCUT2D eigenvalue weighted by Crippen LogP contribution is -2.36. The predicted molar refractivity (Wildman–Crippen MR) is 89.9 cm³/mol. The molecule has 0 aliphatic carbocycles. The molecule has 23 heavy (non-hydrogen) atoms. The molecule has 0 spiro atoms. The molecule has 1 saturated heterocycles. The summed E-state index contributed by atoms with van der Waals surface area (Å²) in [5.41, 5.74) is 2.18. The fourth-order valence-corrected chi connectivity index (χ4v) is 3.34. The van der Waals surface area contributed by atoms with E-state index in [-0.39, 0.29) is 0 Å². The van der Waals surface area contributed by atoms with Gasteiger partial charge in [-0.1, -0.05) is 11.2 Å². The number of aromatic nitrogens is 2. The van der Waals surface area contributed by atoms with Crippen molar-refractivity contribution in [3.05, 3.63) is 52.5 Å². The monoisotopic (exact) mass is 327 g/mol. The Morgan fingerprint density at radius 2 is 1.91 bits per heavy atom. The Kier molecular flexibility index (Phi) is 4.08. The maximum Gasteiger partial charge on any atom is 0.232 e. The van der Waals surface area contributed by atoms with Crippen molar-refractivity contribution in [2.24, 2.45) is 0 Å². The summed E-state index contributed by atoms with van der Waals surface area (Å²) in [5.74, 6) is 1.30. The molecule has 0 saturated carbocycles. The van der Waals surface area contributed by atoms with E-state index in [0.29, 0.717) is 18.1 Å². The average molecular weight is 327 g/mol. The summed E-state index contributed by atoms with van der Waals surface area (Å²) >= 11 is 1.70. The van der Waals surface area contributed by atoms with Crippen LogP contribution in [0.5, 0.6) is 0 Å². The van der Waals surface area contributed by atoms with Crippen LogP contribution in [-0.4, -0.2) is 36.4 Å². The second-order valence-electron chi connectivity index (χ2n) is 5.41. The normalized spacial score (nSPS) is 15.0. The van der Waals surface area contributed by atoms with Crippen molar-refractivity contribution >= 4 is 17.0 Å². The topological polar surface area (TPSA) is 51.4 Å². The quantitative estimate of drug-likeness (QED) is 0.736. The third-order valence-corrected chi connectivity index (χ3v) is 4.75. The third-order valence-electron chi connectivity index (χ3n) is 3.88. The molecular formula is C17H17N3O2S. The summed E-state index contributed by atoms with van der Waals surface area (Å²) in [6.45, 7) is 3.45. The van der Waals surface area contributed by atoms with Crippen molar-refractivity contribution in [3.63, 3.8) is 0 Å². The van der Waals surface area contributed by atoms with Crippen molar-refractivity contribution in [1.29, 1.82) is 0 Å². The van der Waals surface area contributed by atoms with E-state index >= 15 is 0 Å². The van der Waals surface area contributed by atoms with Gasteiger partial charge in [-0.15, -0.1) is 11.3 Å². The van der Waals surface area contributed by atoms with Gasteiger partial charge in [0.1, 0.15) is 0 Å². The van der Waals surface area contributed by atoms with E-state index in [4.69, 9.17) is 9.26 Å². The third kappa shape index (κ3) is 3.28. The van der Waals surface area contributed by atoms with Gasteiger partial charge < -0.3 is 14.2 Å². The zero-order valence-corrected chi connectivity index (χ0v) is 13.5. The van der Waals surface area contributed by atoms with Crippen LogP contribution in [-0.2, 0) is 11.2 Å². The Labute approximate surface area is 138 Å². The highest BCUT2D eigenvalue weighted by Gasteiger charge is 2.13. The number of benzene rings is 1. The number of thiophene rings is 1. The van der Waals surface area contributed by atoms with Gasteiger partial charge in [0.2, 0.25) is 11.7 Å². The molecule has 1 aromatic carbocycles. The van der Waals surface area contributed by atoms with Crippen LogP contribution in [0.4, 0.5) is 5.69 Å². The summed E-state index contributed by atoms with van der Waals surface area (Å²) in [4.78, 5) is 8.04. The fourth-order valence-electron chi connectivity index (χ4n) is 2.65. The van der Waals surface area contributed by atoms with Gasteiger partial charge in [0.25, 0.3) is 0 Å². The lowest BCUT2D eigenvalue weighted by atomic mass is 10.2. The minimum absolute atomic E-state index is 0.644. The van der Waals surface area contributed by atoms with Crippen molar-refractivity contribution in [2.75, 3.05) is 31.2 Å². The zero-order valence-electron chi connectivity index (χ0n) is 12.6. The summed E-state index contributed by atoms with van der Waals surface area (Å²) < 4.78 is 10.7. The molecular weight excluding hydrogens is 310 g/mol. The Hall–Kier alpha value is -2.18. The molecule has 1 aliphatic rings. The molecule has 0 atom stereocenters. The van der Waals surface area contributed by atoms with Gasteiger partial charge in [-0.3, -0.25) is 0 Å². The van der Waals surface area contributed by atoms with Gasteiger partial charge in [0.05, 0.1) is 19.6 Å². The van der Waals surface area contributed by atoms with Gasteiger partial charge in [0, 0.05) is 29.2 Å². The first-order valence-electron chi connectivity index (χ1n) is 7.66. The number of nitrogens with zero attached hydrogens (tertiary/aromatic N) is 3. The number of hydrogen-bond acceptors (Lipinski definition) is 6.